The number of Topliss-reactive ketones (excluding diaryl/α,β-unsaturated/α-hetero) is 1. The van der Waals surface area contributed by atoms with Crippen LogP contribution in [0.15, 0.2) is 36.4 Å². The smallest absolute Gasteiger partial charge is 0.345 e. The van der Waals surface area contributed by atoms with E-state index in [-0.39, 0.29) is 16.4 Å². The van der Waals surface area contributed by atoms with Crippen LogP contribution in [0, 0.1) is 24.0 Å². The van der Waals surface area contributed by atoms with Gasteiger partial charge in [-0.05, 0) is 44.5 Å². The number of benzene rings is 2. The molecule has 0 spiro atoms. The first-order valence-electron chi connectivity index (χ1n) is 7.47. The van der Waals surface area contributed by atoms with Crippen molar-refractivity contribution in [3.05, 3.63) is 73.8 Å². The lowest BCUT2D eigenvalue weighted by Gasteiger charge is -2.14. The highest BCUT2D eigenvalue weighted by Gasteiger charge is 2.26. The van der Waals surface area contributed by atoms with Crippen molar-refractivity contribution in [3.63, 3.8) is 0 Å². The second kappa shape index (κ2) is 7.44. The molecule has 6 nitrogen and oxygen atoms in total. The van der Waals surface area contributed by atoms with Gasteiger partial charge in [0.15, 0.2) is 6.10 Å². The SMILES string of the molecule is Cc1ccc(C)c(C(=O)[C@@H](C)OC(=O)c2cc(Cl)ccc2[N+](=O)[O-])c1. The van der Waals surface area contributed by atoms with E-state index in [1.165, 1.54) is 13.0 Å². The lowest BCUT2D eigenvalue weighted by atomic mass is 9.99. The number of nitrogens with zero attached hydrogens (tertiary/aromatic N) is 1. The molecule has 0 saturated carbocycles. The molecule has 7 heteroatoms. The third-order valence-electron chi connectivity index (χ3n) is 3.69. The number of hydrogen-bond acceptors (Lipinski definition) is 5. The van der Waals surface area contributed by atoms with E-state index in [0.717, 1.165) is 23.3 Å². The normalized spacial score (nSPS) is 11.7. The Labute approximate surface area is 149 Å². The highest BCUT2D eigenvalue weighted by molar-refractivity contribution is 6.31. The summed E-state index contributed by atoms with van der Waals surface area (Å²) >= 11 is 5.80. The molecule has 0 radical (unpaired) electrons. The molecule has 0 unspecified atom stereocenters. The third-order valence-corrected chi connectivity index (χ3v) is 3.92. The quantitative estimate of drug-likeness (QED) is 0.343. The van der Waals surface area contributed by atoms with Crippen molar-refractivity contribution in [1.29, 1.82) is 0 Å². The molecule has 0 aromatic heterocycles. The molecule has 0 amide bonds. The van der Waals surface area contributed by atoms with Crippen LogP contribution in [0.4, 0.5) is 5.69 Å². The summed E-state index contributed by atoms with van der Waals surface area (Å²) in [4.78, 5) is 35.2. The highest BCUT2D eigenvalue weighted by atomic mass is 35.5. The van der Waals surface area contributed by atoms with Gasteiger partial charge in [0.05, 0.1) is 4.92 Å². The zero-order chi connectivity index (χ0) is 18.7. The molecule has 0 heterocycles. The molecule has 0 aliphatic rings. The van der Waals surface area contributed by atoms with Gasteiger partial charge in [-0.1, -0.05) is 29.3 Å². The van der Waals surface area contributed by atoms with E-state index in [2.05, 4.69) is 0 Å². The predicted octanol–water partition coefficient (Wildman–Crippen LogP) is 4.29. The summed E-state index contributed by atoms with van der Waals surface area (Å²) in [5.41, 5.74) is 1.38. The van der Waals surface area contributed by atoms with Gasteiger partial charge in [0, 0.05) is 16.7 Å². The monoisotopic (exact) mass is 361 g/mol. The Hall–Kier alpha value is -2.73. The van der Waals surface area contributed by atoms with Gasteiger partial charge < -0.3 is 4.74 Å². The van der Waals surface area contributed by atoms with Crippen LogP contribution < -0.4 is 0 Å². The van der Waals surface area contributed by atoms with Crippen LogP contribution >= 0.6 is 11.6 Å². The number of nitro groups is 1. The fraction of sp³-hybridized carbons (Fsp3) is 0.222. The summed E-state index contributed by atoms with van der Waals surface area (Å²) in [5.74, 6) is -1.35. The first-order valence-corrected chi connectivity index (χ1v) is 7.85. The molecule has 1 atom stereocenters. The Morgan fingerprint density at radius 3 is 2.44 bits per heavy atom. The number of esters is 1. The molecule has 0 aliphatic heterocycles. The third kappa shape index (κ3) is 4.22. The highest BCUT2D eigenvalue weighted by Crippen LogP contribution is 2.24. The fourth-order valence-corrected chi connectivity index (χ4v) is 2.50. The second-order valence-electron chi connectivity index (χ2n) is 5.65. The summed E-state index contributed by atoms with van der Waals surface area (Å²) in [6.07, 6.45) is -1.09. The van der Waals surface area contributed by atoms with E-state index < -0.39 is 22.7 Å². The fourth-order valence-electron chi connectivity index (χ4n) is 2.33. The predicted molar refractivity (Wildman–Crippen MR) is 93.2 cm³/mol. The molecular formula is C18H16ClNO5. The van der Waals surface area contributed by atoms with E-state index in [0.29, 0.717) is 5.56 Å². The number of ketones is 1. The van der Waals surface area contributed by atoms with E-state index in [9.17, 15) is 19.7 Å². The maximum atomic E-state index is 12.5. The molecule has 0 N–H and O–H groups in total. The Balaban J connectivity index is 2.26. The van der Waals surface area contributed by atoms with Gasteiger partial charge in [-0.25, -0.2) is 4.79 Å². The number of aryl methyl sites for hydroxylation is 2. The first kappa shape index (κ1) is 18.6. The Morgan fingerprint density at radius 2 is 1.80 bits per heavy atom. The van der Waals surface area contributed by atoms with Crippen molar-refractivity contribution in [2.45, 2.75) is 26.9 Å². The molecule has 0 fully saturated rings. The van der Waals surface area contributed by atoms with Crippen LogP contribution in [0.2, 0.25) is 5.02 Å². The molecule has 0 bridgehead atoms. The number of halogens is 1. The van der Waals surface area contributed by atoms with E-state index >= 15 is 0 Å². The summed E-state index contributed by atoms with van der Waals surface area (Å²) < 4.78 is 5.14. The minimum absolute atomic E-state index is 0.158. The van der Waals surface area contributed by atoms with Crippen molar-refractivity contribution in [2.75, 3.05) is 0 Å². The topological polar surface area (TPSA) is 86.5 Å². The zero-order valence-electron chi connectivity index (χ0n) is 13.9. The molecule has 0 saturated heterocycles. The van der Waals surface area contributed by atoms with Gasteiger partial charge in [-0.3, -0.25) is 14.9 Å². The van der Waals surface area contributed by atoms with Crippen LogP contribution in [0.5, 0.6) is 0 Å². The average Bonchev–Trinajstić information content (AvgIpc) is 2.55. The van der Waals surface area contributed by atoms with Crippen molar-refractivity contribution < 1.29 is 19.2 Å². The summed E-state index contributed by atoms with van der Waals surface area (Å²) in [6, 6.07) is 8.97. The molecule has 2 rings (SSSR count). The van der Waals surface area contributed by atoms with E-state index in [1.807, 2.05) is 13.0 Å². The number of carbonyl (C=O) groups is 2. The van der Waals surface area contributed by atoms with Crippen molar-refractivity contribution >= 4 is 29.0 Å². The number of hydrogen-bond donors (Lipinski definition) is 0. The molecule has 2 aromatic carbocycles. The molecular weight excluding hydrogens is 346 g/mol. The van der Waals surface area contributed by atoms with Crippen molar-refractivity contribution in [1.82, 2.24) is 0 Å². The van der Waals surface area contributed by atoms with E-state index in [1.54, 1.807) is 19.1 Å². The standard InChI is InChI=1S/C18H16ClNO5/c1-10-4-5-11(2)14(8-10)17(21)12(3)25-18(22)15-9-13(19)6-7-16(15)20(23)24/h4-9,12H,1-3H3/t12-/m1/s1. The summed E-state index contributed by atoms with van der Waals surface area (Å²) in [7, 11) is 0. The van der Waals surface area contributed by atoms with Crippen LogP contribution in [-0.2, 0) is 4.74 Å². The Kier molecular flexibility index (Phi) is 5.54. The van der Waals surface area contributed by atoms with Gasteiger partial charge in [0.25, 0.3) is 5.69 Å². The van der Waals surface area contributed by atoms with Crippen molar-refractivity contribution in [3.8, 4) is 0 Å². The van der Waals surface area contributed by atoms with Crippen LogP contribution in [-0.4, -0.2) is 22.8 Å². The first-order chi connectivity index (χ1) is 11.7. The van der Waals surface area contributed by atoms with Crippen molar-refractivity contribution in [2.24, 2.45) is 0 Å². The molecule has 25 heavy (non-hydrogen) atoms. The van der Waals surface area contributed by atoms with Gasteiger partial charge >= 0.3 is 5.97 Å². The maximum absolute atomic E-state index is 12.5. The number of carbonyl (C=O) groups excluding carboxylic acids is 2. The minimum atomic E-state index is -1.09. The lowest BCUT2D eigenvalue weighted by molar-refractivity contribution is -0.385. The van der Waals surface area contributed by atoms with Crippen LogP contribution in [0.3, 0.4) is 0 Å². The summed E-state index contributed by atoms with van der Waals surface area (Å²) in [6.45, 7) is 5.06. The van der Waals surface area contributed by atoms with Gasteiger partial charge in [-0.15, -0.1) is 0 Å². The second-order valence-corrected chi connectivity index (χ2v) is 6.09. The summed E-state index contributed by atoms with van der Waals surface area (Å²) in [5, 5.41) is 11.2. The Bertz CT molecular complexity index is 863. The maximum Gasteiger partial charge on any atom is 0.345 e. The van der Waals surface area contributed by atoms with Gasteiger partial charge in [0.1, 0.15) is 5.56 Å². The van der Waals surface area contributed by atoms with E-state index in [4.69, 9.17) is 16.3 Å². The average molecular weight is 362 g/mol. The Morgan fingerprint density at radius 1 is 1.12 bits per heavy atom. The van der Waals surface area contributed by atoms with Gasteiger partial charge in [-0.2, -0.15) is 0 Å². The number of nitro benzene ring substituents is 1. The largest absolute Gasteiger partial charge is 0.450 e. The molecule has 130 valence electrons. The van der Waals surface area contributed by atoms with Crippen LogP contribution in [0.25, 0.3) is 0 Å². The molecule has 2 aromatic rings. The number of ether oxygens (including phenoxy) is 1. The van der Waals surface area contributed by atoms with Crippen LogP contribution in [0.1, 0.15) is 38.8 Å². The number of rotatable bonds is 5. The minimum Gasteiger partial charge on any atom is -0.450 e. The van der Waals surface area contributed by atoms with Gasteiger partial charge in [0.2, 0.25) is 5.78 Å². The zero-order valence-corrected chi connectivity index (χ0v) is 14.7. The molecule has 0 aliphatic carbocycles. The lowest BCUT2D eigenvalue weighted by Crippen LogP contribution is -2.25.